The zero-order valence-corrected chi connectivity index (χ0v) is 10.1. The Hall–Kier alpha value is -0.610. The van der Waals surface area contributed by atoms with Gasteiger partial charge in [-0.25, -0.2) is 8.78 Å². The maximum absolute atomic E-state index is 13.8. The molecule has 1 N–H and O–H groups in total. The molecule has 0 bridgehead atoms. The number of hydrogen-bond donors (Lipinski definition) is 1. The van der Waals surface area contributed by atoms with Crippen LogP contribution in [0.15, 0.2) is 12.1 Å². The molecule has 0 aliphatic carbocycles. The molecule has 4 heteroatoms. The molecule has 2 unspecified atom stereocenters. The monoisotopic (exact) mass is 244 g/mol. The summed E-state index contributed by atoms with van der Waals surface area (Å²) < 4.78 is 27.2. The Morgan fingerprint density at radius 1 is 1.38 bits per heavy atom. The first-order chi connectivity index (χ1) is 7.47. The van der Waals surface area contributed by atoms with Crippen LogP contribution >= 0.6 is 11.8 Å². The maximum Gasteiger partial charge on any atom is 0.165 e. The third kappa shape index (κ3) is 1.64. The quantitative estimate of drug-likeness (QED) is 0.819. The molecule has 0 spiro atoms. The van der Waals surface area contributed by atoms with Gasteiger partial charge in [0.1, 0.15) is 5.60 Å². The lowest BCUT2D eigenvalue weighted by atomic mass is 9.87. The zero-order chi connectivity index (χ0) is 11.9. The third-order valence-corrected chi connectivity index (χ3v) is 4.60. The van der Waals surface area contributed by atoms with Gasteiger partial charge in [-0.1, -0.05) is 19.1 Å². The van der Waals surface area contributed by atoms with Gasteiger partial charge in [0.25, 0.3) is 0 Å². The van der Waals surface area contributed by atoms with Crippen LogP contribution in [0, 0.1) is 18.6 Å². The van der Waals surface area contributed by atoms with Crippen LogP contribution < -0.4 is 0 Å². The van der Waals surface area contributed by atoms with Crippen molar-refractivity contribution in [3.63, 3.8) is 0 Å². The molecule has 1 aliphatic rings. The average molecular weight is 244 g/mol. The maximum atomic E-state index is 13.8. The zero-order valence-electron chi connectivity index (χ0n) is 9.26. The molecule has 1 nitrogen and oxygen atoms in total. The van der Waals surface area contributed by atoms with Gasteiger partial charge in [0.05, 0.1) is 0 Å². The number of benzene rings is 1. The van der Waals surface area contributed by atoms with Crippen molar-refractivity contribution in [2.45, 2.75) is 31.1 Å². The van der Waals surface area contributed by atoms with E-state index in [0.717, 1.165) is 5.75 Å². The molecule has 0 amide bonds. The number of thioether (sulfide) groups is 1. The van der Waals surface area contributed by atoms with E-state index in [0.29, 0.717) is 6.42 Å². The highest BCUT2D eigenvalue weighted by molar-refractivity contribution is 8.00. The molecular formula is C12H14F2OS. The first-order valence-corrected chi connectivity index (χ1v) is 6.30. The van der Waals surface area contributed by atoms with Gasteiger partial charge in [-0.05, 0) is 24.7 Å². The second-order valence-corrected chi connectivity index (χ2v) is 5.69. The highest BCUT2D eigenvalue weighted by Crippen LogP contribution is 2.44. The van der Waals surface area contributed by atoms with Crippen molar-refractivity contribution in [2.75, 3.05) is 5.75 Å². The smallest absolute Gasteiger partial charge is 0.165 e. The largest absolute Gasteiger partial charge is 0.384 e. The summed E-state index contributed by atoms with van der Waals surface area (Å²) in [4.78, 5) is 0. The van der Waals surface area contributed by atoms with Gasteiger partial charge in [-0.2, -0.15) is 11.8 Å². The highest BCUT2D eigenvalue weighted by Gasteiger charge is 2.42. The van der Waals surface area contributed by atoms with Crippen LogP contribution in [0.25, 0.3) is 0 Å². The van der Waals surface area contributed by atoms with E-state index >= 15 is 0 Å². The minimum absolute atomic E-state index is 0.0908. The summed E-state index contributed by atoms with van der Waals surface area (Å²) >= 11 is 1.58. The highest BCUT2D eigenvalue weighted by atomic mass is 32.2. The molecule has 1 fully saturated rings. The van der Waals surface area contributed by atoms with Gasteiger partial charge in [0.2, 0.25) is 0 Å². The fraction of sp³-hybridized carbons (Fsp3) is 0.500. The van der Waals surface area contributed by atoms with E-state index in [4.69, 9.17) is 0 Å². The Morgan fingerprint density at radius 2 is 2.06 bits per heavy atom. The Kier molecular flexibility index (Phi) is 2.97. The number of hydrogen-bond acceptors (Lipinski definition) is 2. The van der Waals surface area contributed by atoms with Crippen LogP contribution in [0.4, 0.5) is 8.78 Å². The second-order valence-electron chi connectivity index (χ2n) is 4.25. The molecule has 88 valence electrons. The van der Waals surface area contributed by atoms with Crippen molar-refractivity contribution >= 4 is 11.8 Å². The van der Waals surface area contributed by atoms with Crippen molar-refractivity contribution in [2.24, 2.45) is 0 Å². The topological polar surface area (TPSA) is 20.2 Å². The summed E-state index contributed by atoms with van der Waals surface area (Å²) in [7, 11) is 0. The van der Waals surface area contributed by atoms with Crippen LogP contribution in [0.2, 0.25) is 0 Å². The predicted octanol–water partition coefficient (Wildman–Crippen LogP) is 2.99. The molecule has 16 heavy (non-hydrogen) atoms. The average Bonchev–Trinajstić information content (AvgIpc) is 2.57. The second kappa shape index (κ2) is 4.00. The molecule has 0 aromatic heterocycles. The van der Waals surface area contributed by atoms with Crippen LogP contribution in [0.1, 0.15) is 24.5 Å². The van der Waals surface area contributed by atoms with E-state index in [-0.39, 0.29) is 16.4 Å². The SMILES string of the molecule is Cc1ccc(C2(O)CCSC2C)c(F)c1F. The van der Waals surface area contributed by atoms with Crippen molar-refractivity contribution in [3.8, 4) is 0 Å². The summed E-state index contributed by atoms with van der Waals surface area (Å²) in [6.45, 7) is 3.36. The normalized spacial score (nSPS) is 29.7. The van der Waals surface area contributed by atoms with Gasteiger partial charge in [-0.3, -0.25) is 0 Å². The fourth-order valence-corrected chi connectivity index (χ4v) is 3.37. The molecule has 1 aromatic carbocycles. The summed E-state index contributed by atoms with van der Waals surface area (Å²) in [6.07, 6.45) is 0.470. The van der Waals surface area contributed by atoms with Gasteiger partial charge >= 0.3 is 0 Å². The van der Waals surface area contributed by atoms with Crippen molar-refractivity contribution in [1.29, 1.82) is 0 Å². The van der Waals surface area contributed by atoms with Crippen molar-refractivity contribution < 1.29 is 13.9 Å². The molecule has 1 heterocycles. The van der Waals surface area contributed by atoms with Crippen LogP contribution in [0.5, 0.6) is 0 Å². The molecule has 1 saturated heterocycles. The van der Waals surface area contributed by atoms with E-state index < -0.39 is 17.2 Å². The van der Waals surface area contributed by atoms with Crippen molar-refractivity contribution in [3.05, 3.63) is 34.9 Å². The van der Waals surface area contributed by atoms with E-state index in [1.165, 1.54) is 19.1 Å². The number of aryl methyl sites for hydroxylation is 1. The van der Waals surface area contributed by atoms with Gasteiger partial charge < -0.3 is 5.11 Å². The molecular weight excluding hydrogens is 230 g/mol. The molecule has 1 aliphatic heterocycles. The molecule has 1 aromatic rings. The van der Waals surface area contributed by atoms with Gasteiger partial charge in [0.15, 0.2) is 11.6 Å². The lowest BCUT2D eigenvalue weighted by molar-refractivity contribution is 0.0383. The predicted molar refractivity (Wildman–Crippen MR) is 61.5 cm³/mol. The summed E-state index contributed by atoms with van der Waals surface area (Å²) in [6, 6.07) is 3.01. The standard InChI is InChI=1S/C12H14F2OS/c1-7-3-4-9(11(14)10(7)13)12(15)5-6-16-8(12)2/h3-4,8,15H,5-6H2,1-2H3. The van der Waals surface area contributed by atoms with Gasteiger partial charge in [0, 0.05) is 10.8 Å². The number of aliphatic hydroxyl groups is 1. The van der Waals surface area contributed by atoms with Crippen molar-refractivity contribution in [1.82, 2.24) is 0 Å². The lowest BCUT2D eigenvalue weighted by Crippen LogP contribution is -2.33. The first-order valence-electron chi connectivity index (χ1n) is 5.26. The Morgan fingerprint density at radius 3 is 2.62 bits per heavy atom. The minimum atomic E-state index is -1.23. The van der Waals surface area contributed by atoms with Gasteiger partial charge in [-0.15, -0.1) is 0 Å². The molecule has 2 rings (SSSR count). The summed E-state index contributed by atoms with van der Waals surface area (Å²) in [5.41, 5.74) is -0.875. The Bertz CT molecular complexity index is 422. The van der Waals surface area contributed by atoms with E-state index in [2.05, 4.69) is 0 Å². The molecule has 2 atom stereocenters. The first kappa shape index (κ1) is 11.9. The Labute approximate surface area is 97.9 Å². The van der Waals surface area contributed by atoms with Crippen LogP contribution in [-0.4, -0.2) is 16.1 Å². The van der Waals surface area contributed by atoms with Crippen LogP contribution in [-0.2, 0) is 5.60 Å². The Balaban J connectivity index is 2.52. The minimum Gasteiger partial charge on any atom is -0.384 e. The van der Waals surface area contributed by atoms with E-state index in [1.54, 1.807) is 11.8 Å². The molecule has 0 saturated carbocycles. The van der Waals surface area contributed by atoms with Crippen LogP contribution in [0.3, 0.4) is 0 Å². The van der Waals surface area contributed by atoms with E-state index in [1.807, 2.05) is 6.92 Å². The van der Waals surface area contributed by atoms with E-state index in [9.17, 15) is 13.9 Å². The number of rotatable bonds is 1. The molecule has 0 radical (unpaired) electrons. The summed E-state index contributed by atoms with van der Waals surface area (Å²) in [5, 5.41) is 10.3. The fourth-order valence-electron chi connectivity index (χ4n) is 2.07. The number of halogens is 2. The third-order valence-electron chi connectivity index (χ3n) is 3.27. The lowest BCUT2D eigenvalue weighted by Gasteiger charge is -2.28. The summed E-state index contributed by atoms with van der Waals surface area (Å²) in [5.74, 6) is -0.987.